The van der Waals surface area contributed by atoms with E-state index in [1.165, 1.54) is 6.07 Å². The first-order valence-electron chi connectivity index (χ1n) is 8.40. The van der Waals surface area contributed by atoms with Gasteiger partial charge < -0.3 is 15.5 Å². The summed E-state index contributed by atoms with van der Waals surface area (Å²) in [7, 11) is 0. The molecule has 0 aromatic heterocycles. The molecular formula is C17H24N4O4. The zero-order valence-corrected chi connectivity index (χ0v) is 14.7. The zero-order chi connectivity index (χ0) is 18.6. The number of carbonyl (C=O) groups excluding carboxylic acids is 2. The number of nitrogens with zero attached hydrogens (tertiary/aromatic N) is 2. The molecule has 0 spiro atoms. The third-order valence-corrected chi connectivity index (χ3v) is 4.25. The molecule has 1 aromatic carbocycles. The van der Waals surface area contributed by atoms with E-state index in [2.05, 4.69) is 10.6 Å². The summed E-state index contributed by atoms with van der Waals surface area (Å²) in [6.07, 6.45) is 1.43. The molecular weight excluding hydrogens is 324 g/mol. The predicted octanol–water partition coefficient (Wildman–Crippen LogP) is 2.67. The van der Waals surface area contributed by atoms with Crippen molar-refractivity contribution in [3.05, 3.63) is 33.9 Å². The third kappa shape index (κ3) is 4.68. The van der Waals surface area contributed by atoms with Crippen LogP contribution in [0.3, 0.4) is 0 Å². The molecule has 136 valence electrons. The number of anilines is 1. The summed E-state index contributed by atoms with van der Waals surface area (Å²) in [6.45, 7) is 6.35. The molecule has 0 bridgehead atoms. The number of likely N-dealkylation sites (tertiary alicyclic amines) is 1. The number of hydrogen-bond donors (Lipinski definition) is 2. The zero-order valence-electron chi connectivity index (χ0n) is 14.7. The van der Waals surface area contributed by atoms with Crippen LogP contribution in [0.15, 0.2) is 18.2 Å². The third-order valence-electron chi connectivity index (χ3n) is 4.25. The molecule has 1 aromatic rings. The Labute approximate surface area is 146 Å². The Kier molecular flexibility index (Phi) is 5.95. The van der Waals surface area contributed by atoms with Crippen LogP contribution in [0.5, 0.6) is 0 Å². The Bertz CT molecular complexity index is 675. The molecule has 0 radical (unpaired) electrons. The number of nitrogens with one attached hydrogen (secondary N) is 2. The van der Waals surface area contributed by atoms with Crippen LogP contribution < -0.4 is 10.6 Å². The molecule has 8 heteroatoms. The van der Waals surface area contributed by atoms with E-state index in [4.69, 9.17) is 0 Å². The number of urea groups is 1. The van der Waals surface area contributed by atoms with E-state index >= 15 is 0 Å². The number of carbonyl (C=O) groups is 2. The molecule has 1 atom stereocenters. The molecule has 8 nitrogen and oxygen atoms in total. The lowest BCUT2D eigenvalue weighted by Gasteiger charge is -2.32. The Morgan fingerprint density at radius 1 is 1.36 bits per heavy atom. The van der Waals surface area contributed by atoms with Crippen LogP contribution in [0.4, 0.5) is 16.2 Å². The first-order valence-corrected chi connectivity index (χ1v) is 8.40. The molecule has 0 unspecified atom stereocenters. The van der Waals surface area contributed by atoms with Crippen LogP contribution in [0.25, 0.3) is 0 Å². The molecule has 25 heavy (non-hydrogen) atoms. The van der Waals surface area contributed by atoms with Gasteiger partial charge in [-0.15, -0.1) is 0 Å². The van der Waals surface area contributed by atoms with Crippen LogP contribution in [-0.4, -0.2) is 40.9 Å². The van der Waals surface area contributed by atoms with E-state index in [1.54, 1.807) is 24.0 Å². The number of amides is 3. The van der Waals surface area contributed by atoms with E-state index in [9.17, 15) is 19.7 Å². The van der Waals surface area contributed by atoms with Gasteiger partial charge in [-0.3, -0.25) is 14.9 Å². The van der Waals surface area contributed by atoms with Crippen LogP contribution >= 0.6 is 0 Å². The van der Waals surface area contributed by atoms with Gasteiger partial charge in [-0.1, -0.05) is 6.07 Å². The number of benzene rings is 1. The maximum Gasteiger partial charge on any atom is 0.317 e. The summed E-state index contributed by atoms with van der Waals surface area (Å²) in [5.74, 6) is -0.545. The normalized spacial score (nSPS) is 17.3. The van der Waals surface area contributed by atoms with E-state index < -0.39 is 4.92 Å². The minimum atomic E-state index is -0.469. The minimum absolute atomic E-state index is 0.0284. The summed E-state index contributed by atoms with van der Waals surface area (Å²) in [4.78, 5) is 36.9. The van der Waals surface area contributed by atoms with Crippen molar-refractivity contribution in [2.75, 3.05) is 18.4 Å². The molecule has 0 saturated carbocycles. The van der Waals surface area contributed by atoms with E-state index in [0.29, 0.717) is 30.8 Å². The van der Waals surface area contributed by atoms with E-state index in [1.807, 2.05) is 13.8 Å². The van der Waals surface area contributed by atoms with Crippen molar-refractivity contribution >= 4 is 23.3 Å². The maximum atomic E-state index is 12.6. The van der Waals surface area contributed by atoms with Gasteiger partial charge in [0.05, 0.1) is 22.1 Å². The second-order valence-corrected chi connectivity index (χ2v) is 6.59. The summed E-state index contributed by atoms with van der Waals surface area (Å²) in [6, 6.07) is 4.47. The molecule has 1 heterocycles. The van der Waals surface area contributed by atoms with Gasteiger partial charge in [-0.05, 0) is 39.7 Å². The van der Waals surface area contributed by atoms with Crippen molar-refractivity contribution in [1.82, 2.24) is 10.2 Å². The summed E-state index contributed by atoms with van der Waals surface area (Å²) in [5.41, 5.74) is 0.827. The summed E-state index contributed by atoms with van der Waals surface area (Å²) in [5, 5.41) is 16.6. The molecule has 2 rings (SSSR count). The molecule has 3 amide bonds. The second-order valence-electron chi connectivity index (χ2n) is 6.59. The van der Waals surface area contributed by atoms with Crippen LogP contribution in [0.2, 0.25) is 0 Å². The fourth-order valence-corrected chi connectivity index (χ4v) is 2.91. The van der Waals surface area contributed by atoms with Crippen molar-refractivity contribution in [3.63, 3.8) is 0 Å². The average Bonchev–Trinajstić information content (AvgIpc) is 2.56. The first kappa shape index (κ1) is 18.7. The fraction of sp³-hybridized carbons (Fsp3) is 0.529. The predicted molar refractivity (Wildman–Crippen MR) is 94.4 cm³/mol. The number of nitro groups is 1. The van der Waals surface area contributed by atoms with Gasteiger partial charge in [0.2, 0.25) is 5.91 Å². The highest BCUT2D eigenvalue weighted by Gasteiger charge is 2.29. The molecule has 1 saturated heterocycles. The largest absolute Gasteiger partial charge is 0.336 e. The van der Waals surface area contributed by atoms with E-state index in [-0.39, 0.29) is 29.6 Å². The summed E-state index contributed by atoms with van der Waals surface area (Å²) < 4.78 is 0. The summed E-state index contributed by atoms with van der Waals surface area (Å²) >= 11 is 0. The number of piperidine rings is 1. The van der Waals surface area contributed by atoms with Crippen LogP contribution in [-0.2, 0) is 4.79 Å². The SMILES string of the molecule is Cc1c(NC(=O)[C@H]2CCCN(C(=O)NC(C)C)C2)cccc1[N+](=O)[O-]. The quantitative estimate of drug-likeness (QED) is 0.644. The monoisotopic (exact) mass is 348 g/mol. The average molecular weight is 348 g/mol. The Balaban J connectivity index is 2.05. The van der Waals surface area contributed by atoms with Crippen molar-refractivity contribution in [1.29, 1.82) is 0 Å². The topological polar surface area (TPSA) is 105 Å². The van der Waals surface area contributed by atoms with Crippen LogP contribution in [0, 0.1) is 23.0 Å². The highest BCUT2D eigenvalue weighted by molar-refractivity contribution is 5.94. The van der Waals surface area contributed by atoms with E-state index in [0.717, 1.165) is 6.42 Å². The molecule has 1 aliphatic rings. The molecule has 2 N–H and O–H groups in total. The number of nitro benzene ring substituents is 1. The van der Waals surface area contributed by atoms with Gasteiger partial charge >= 0.3 is 6.03 Å². The van der Waals surface area contributed by atoms with Gasteiger partial charge in [-0.25, -0.2) is 4.79 Å². The highest BCUT2D eigenvalue weighted by Crippen LogP contribution is 2.26. The van der Waals surface area contributed by atoms with Crippen molar-refractivity contribution in [2.24, 2.45) is 5.92 Å². The smallest absolute Gasteiger partial charge is 0.317 e. The standard InChI is InChI=1S/C17H24N4O4/c1-11(2)18-17(23)20-9-5-6-13(10-20)16(22)19-14-7-4-8-15(12(14)3)21(24)25/h4,7-8,11,13H,5-6,9-10H2,1-3H3,(H,18,23)(H,19,22)/t13-/m0/s1. The Morgan fingerprint density at radius 3 is 2.72 bits per heavy atom. The van der Waals surface area contributed by atoms with Gasteiger partial charge in [0.25, 0.3) is 5.69 Å². The molecule has 0 aliphatic carbocycles. The lowest BCUT2D eigenvalue weighted by atomic mass is 9.97. The van der Waals surface area contributed by atoms with Gasteiger partial charge in [-0.2, -0.15) is 0 Å². The molecule has 1 aliphatic heterocycles. The maximum absolute atomic E-state index is 12.6. The van der Waals surface area contributed by atoms with Crippen molar-refractivity contribution < 1.29 is 14.5 Å². The minimum Gasteiger partial charge on any atom is -0.336 e. The number of hydrogen-bond acceptors (Lipinski definition) is 4. The fourth-order valence-electron chi connectivity index (χ4n) is 2.91. The number of rotatable bonds is 4. The van der Waals surface area contributed by atoms with Gasteiger partial charge in [0.1, 0.15) is 0 Å². The first-order chi connectivity index (χ1) is 11.8. The lowest BCUT2D eigenvalue weighted by molar-refractivity contribution is -0.385. The Hall–Kier alpha value is -2.64. The molecule has 1 fully saturated rings. The van der Waals surface area contributed by atoms with Gasteiger partial charge in [0, 0.05) is 25.2 Å². The Morgan fingerprint density at radius 2 is 2.08 bits per heavy atom. The van der Waals surface area contributed by atoms with Crippen molar-refractivity contribution in [2.45, 2.75) is 39.7 Å². The lowest BCUT2D eigenvalue weighted by Crippen LogP contribution is -2.49. The second kappa shape index (κ2) is 7.96. The van der Waals surface area contributed by atoms with Crippen molar-refractivity contribution in [3.8, 4) is 0 Å². The van der Waals surface area contributed by atoms with Crippen LogP contribution in [0.1, 0.15) is 32.3 Å². The highest BCUT2D eigenvalue weighted by atomic mass is 16.6. The van der Waals surface area contributed by atoms with Gasteiger partial charge in [0.15, 0.2) is 0 Å².